The third-order valence-corrected chi connectivity index (χ3v) is 4.60. The summed E-state index contributed by atoms with van der Waals surface area (Å²) in [6.45, 7) is 3.53. The normalized spacial score (nSPS) is 12.0. The third kappa shape index (κ3) is 3.31. The molecule has 1 heterocycles. The predicted octanol–water partition coefficient (Wildman–Crippen LogP) is 4.20. The number of hydrogen-bond donors (Lipinski definition) is 2. The Hall–Kier alpha value is -3.15. The number of aromatic nitrogens is 1. The molecule has 0 saturated carbocycles. The molecule has 0 aliphatic rings. The van der Waals surface area contributed by atoms with Crippen LogP contribution in [0.3, 0.4) is 0 Å². The number of anilines is 1. The van der Waals surface area contributed by atoms with Gasteiger partial charge in [0.1, 0.15) is 5.82 Å². The van der Waals surface area contributed by atoms with Crippen LogP contribution in [0.15, 0.2) is 53.5 Å². The molecule has 0 aliphatic heterocycles. The van der Waals surface area contributed by atoms with Gasteiger partial charge in [0.25, 0.3) is 5.56 Å². The molecule has 0 spiro atoms. The number of carbonyl (C=O) groups is 1. The summed E-state index contributed by atoms with van der Waals surface area (Å²) in [5.41, 5.74) is 1.67. The van der Waals surface area contributed by atoms with Gasteiger partial charge in [-0.3, -0.25) is 4.79 Å². The summed E-state index contributed by atoms with van der Waals surface area (Å²) in [4.78, 5) is 28.8. The molecule has 6 heteroatoms. The number of halogens is 1. The molecule has 0 bridgehead atoms. The quantitative estimate of drug-likeness (QED) is 0.741. The van der Waals surface area contributed by atoms with E-state index in [4.69, 9.17) is 0 Å². The molecule has 1 atom stereocenters. The largest absolute Gasteiger partial charge is 0.328 e. The van der Waals surface area contributed by atoms with E-state index in [1.165, 1.54) is 12.1 Å². The number of urea groups is 1. The van der Waals surface area contributed by atoms with Crippen LogP contribution in [-0.2, 0) is 0 Å². The number of pyridine rings is 1. The zero-order chi connectivity index (χ0) is 18.8. The molecule has 26 heavy (non-hydrogen) atoms. The Balaban J connectivity index is 1.86. The Kier molecular flexibility index (Phi) is 4.75. The Morgan fingerprint density at radius 3 is 2.58 bits per heavy atom. The Bertz CT molecular complexity index is 1030. The lowest BCUT2D eigenvalue weighted by atomic mass is 10.0. The lowest BCUT2D eigenvalue weighted by molar-refractivity contribution is 0.208. The molecule has 2 amide bonds. The van der Waals surface area contributed by atoms with Crippen LogP contribution in [0.2, 0.25) is 0 Å². The Morgan fingerprint density at radius 1 is 1.19 bits per heavy atom. The van der Waals surface area contributed by atoms with Crippen molar-refractivity contribution >= 4 is 22.5 Å². The number of benzene rings is 2. The molecule has 3 aromatic rings. The summed E-state index contributed by atoms with van der Waals surface area (Å²) in [6.07, 6.45) is 1.64. The molecule has 0 fully saturated rings. The Labute approximate surface area is 150 Å². The van der Waals surface area contributed by atoms with Crippen molar-refractivity contribution < 1.29 is 9.18 Å². The Morgan fingerprint density at radius 2 is 1.88 bits per heavy atom. The first-order valence-electron chi connectivity index (χ1n) is 8.29. The van der Waals surface area contributed by atoms with Gasteiger partial charge in [0.05, 0.1) is 6.04 Å². The van der Waals surface area contributed by atoms with E-state index >= 15 is 0 Å². The number of fused-ring (bicyclic) bond motifs is 1. The number of hydrogen-bond acceptors (Lipinski definition) is 2. The first-order chi connectivity index (χ1) is 12.4. The van der Waals surface area contributed by atoms with Gasteiger partial charge >= 0.3 is 6.03 Å². The van der Waals surface area contributed by atoms with Gasteiger partial charge in [0, 0.05) is 24.3 Å². The molecule has 2 N–H and O–H groups in total. The maximum Gasteiger partial charge on any atom is 0.322 e. The highest BCUT2D eigenvalue weighted by Gasteiger charge is 2.20. The molecule has 3 rings (SSSR count). The topological polar surface area (TPSA) is 65.2 Å². The minimum absolute atomic E-state index is 0.162. The highest BCUT2D eigenvalue weighted by molar-refractivity contribution is 5.90. The molecule has 0 aliphatic carbocycles. The van der Waals surface area contributed by atoms with Gasteiger partial charge in [-0.1, -0.05) is 18.2 Å². The molecular weight excluding hydrogens is 333 g/mol. The number of nitrogens with one attached hydrogen (secondary N) is 2. The summed E-state index contributed by atoms with van der Waals surface area (Å²) in [7, 11) is 1.68. The second-order valence-electron chi connectivity index (χ2n) is 6.30. The van der Waals surface area contributed by atoms with Crippen molar-refractivity contribution in [2.45, 2.75) is 19.9 Å². The number of carbonyl (C=O) groups excluding carboxylic acids is 1. The second-order valence-corrected chi connectivity index (χ2v) is 6.30. The minimum atomic E-state index is -0.321. The average Bonchev–Trinajstić information content (AvgIpc) is 2.64. The van der Waals surface area contributed by atoms with Crippen molar-refractivity contribution in [2.24, 2.45) is 0 Å². The first-order valence-corrected chi connectivity index (χ1v) is 8.29. The van der Waals surface area contributed by atoms with E-state index in [0.717, 1.165) is 10.9 Å². The maximum absolute atomic E-state index is 13.4. The number of rotatable bonds is 3. The van der Waals surface area contributed by atoms with Crippen molar-refractivity contribution in [1.29, 1.82) is 0 Å². The van der Waals surface area contributed by atoms with Crippen LogP contribution in [0, 0.1) is 12.7 Å². The van der Waals surface area contributed by atoms with Crippen LogP contribution in [0.25, 0.3) is 10.8 Å². The molecule has 2 aromatic carbocycles. The van der Waals surface area contributed by atoms with E-state index < -0.39 is 0 Å². The summed E-state index contributed by atoms with van der Waals surface area (Å²) < 4.78 is 13.4. The van der Waals surface area contributed by atoms with Gasteiger partial charge in [-0.2, -0.15) is 0 Å². The van der Waals surface area contributed by atoms with Gasteiger partial charge in [0.2, 0.25) is 0 Å². The van der Waals surface area contributed by atoms with Crippen molar-refractivity contribution in [3.63, 3.8) is 0 Å². The fraction of sp³-hybridized carbons (Fsp3) is 0.200. The second kappa shape index (κ2) is 7.00. The summed E-state index contributed by atoms with van der Waals surface area (Å²) >= 11 is 0. The average molecular weight is 353 g/mol. The van der Waals surface area contributed by atoms with Crippen molar-refractivity contribution in [2.75, 3.05) is 12.4 Å². The number of aromatic amines is 1. The van der Waals surface area contributed by atoms with E-state index in [1.54, 1.807) is 43.3 Å². The van der Waals surface area contributed by atoms with Gasteiger partial charge in [-0.05, 0) is 54.6 Å². The first kappa shape index (κ1) is 17.7. The highest BCUT2D eigenvalue weighted by atomic mass is 19.1. The number of H-pyrrole nitrogens is 1. The minimum Gasteiger partial charge on any atom is -0.328 e. The summed E-state index contributed by atoms with van der Waals surface area (Å²) in [5, 5.41) is 4.16. The molecular formula is C20H20FN3O2. The zero-order valence-electron chi connectivity index (χ0n) is 14.8. The molecule has 0 saturated heterocycles. The molecule has 5 nitrogen and oxygen atoms in total. The number of amides is 2. The van der Waals surface area contributed by atoms with Crippen LogP contribution in [-0.4, -0.2) is 23.0 Å². The molecule has 0 unspecified atom stereocenters. The van der Waals surface area contributed by atoms with E-state index in [2.05, 4.69) is 10.3 Å². The van der Waals surface area contributed by atoms with Gasteiger partial charge < -0.3 is 15.2 Å². The molecule has 0 radical (unpaired) electrons. The van der Waals surface area contributed by atoms with Crippen LogP contribution >= 0.6 is 0 Å². The highest BCUT2D eigenvalue weighted by Crippen LogP contribution is 2.25. The molecule has 134 valence electrons. The van der Waals surface area contributed by atoms with Crippen molar-refractivity contribution in [3.8, 4) is 0 Å². The van der Waals surface area contributed by atoms with E-state index in [0.29, 0.717) is 16.6 Å². The van der Waals surface area contributed by atoms with Crippen LogP contribution < -0.4 is 10.9 Å². The number of nitrogens with zero attached hydrogens (tertiary/aromatic N) is 1. The van der Waals surface area contributed by atoms with Gasteiger partial charge in [0.15, 0.2) is 0 Å². The van der Waals surface area contributed by atoms with Crippen LogP contribution in [0.4, 0.5) is 14.9 Å². The standard InChI is InChI=1S/C20H20FN3O2/c1-12-10-14(8-9-18(12)21)23-20(26)24(3)13(2)17-11-22-19(25)16-7-5-4-6-15(16)17/h4-11,13H,1-3H3,(H,22,25)(H,23,26)/t13-/m1/s1. The lowest BCUT2D eigenvalue weighted by Crippen LogP contribution is -2.34. The summed E-state index contributed by atoms with van der Waals surface area (Å²) in [5.74, 6) is -0.315. The van der Waals surface area contributed by atoms with E-state index in [-0.39, 0.29) is 23.4 Å². The number of aryl methyl sites for hydroxylation is 1. The van der Waals surface area contributed by atoms with Crippen molar-refractivity contribution in [1.82, 2.24) is 9.88 Å². The zero-order valence-corrected chi connectivity index (χ0v) is 14.8. The van der Waals surface area contributed by atoms with Crippen molar-refractivity contribution in [3.05, 3.63) is 76.0 Å². The predicted molar refractivity (Wildman–Crippen MR) is 101 cm³/mol. The summed E-state index contributed by atoms with van der Waals surface area (Å²) in [6, 6.07) is 11.1. The fourth-order valence-electron chi connectivity index (χ4n) is 2.90. The van der Waals surface area contributed by atoms with Crippen LogP contribution in [0.1, 0.15) is 24.1 Å². The third-order valence-electron chi connectivity index (χ3n) is 4.60. The van der Waals surface area contributed by atoms with Gasteiger partial charge in [-0.15, -0.1) is 0 Å². The van der Waals surface area contributed by atoms with Crippen LogP contribution in [0.5, 0.6) is 0 Å². The van der Waals surface area contributed by atoms with E-state index in [1.807, 2.05) is 19.1 Å². The smallest absolute Gasteiger partial charge is 0.322 e. The van der Waals surface area contributed by atoms with Gasteiger partial charge in [-0.25, -0.2) is 9.18 Å². The van der Waals surface area contributed by atoms with E-state index in [9.17, 15) is 14.0 Å². The molecule has 1 aromatic heterocycles. The lowest BCUT2D eigenvalue weighted by Gasteiger charge is -2.26. The monoisotopic (exact) mass is 353 g/mol. The maximum atomic E-state index is 13.4. The SMILES string of the molecule is Cc1cc(NC(=O)N(C)[C@H](C)c2c[nH]c(=O)c3ccccc23)ccc1F. The fourth-order valence-corrected chi connectivity index (χ4v) is 2.90.